The number of aromatic nitrogens is 1. The monoisotopic (exact) mass is 324 g/mol. The number of amides is 1. The van der Waals surface area contributed by atoms with Gasteiger partial charge in [-0.3, -0.25) is 4.79 Å². The fourth-order valence-electron chi connectivity index (χ4n) is 2.34. The van der Waals surface area contributed by atoms with Gasteiger partial charge < -0.3 is 14.2 Å². The maximum absolute atomic E-state index is 12.7. The van der Waals surface area contributed by atoms with Crippen LogP contribution in [0.1, 0.15) is 30.3 Å². The fourth-order valence-corrected chi connectivity index (χ4v) is 2.34. The first-order valence-corrected chi connectivity index (χ1v) is 6.77. The summed E-state index contributed by atoms with van der Waals surface area (Å²) in [7, 11) is 0. The summed E-state index contributed by atoms with van der Waals surface area (Å²) in [6, 6.07) is 1.39. The molecular weight excluding hydrogens is 308 g/mol. The molecule has 1 atom stereocenters. The largest absolute Gasteiger partial charge is 0.365 e. The van der Waals surface area contributed by atoms with E-state index in [1.807, 2.05) is 0 Å². The summed E-state index contributed by atoms with van der Waals surface area (Å²) in [6.45, 7) is -0.00915. The normalized spacial score (nSPS) is 19.2. The second-order valence-electron chi connectivity index (χ2n) is 5.16. The molecule has 9 heteroatoms. The van der Waals surface area contributed by atoms with Crippen LogP contribution in [0.4, 0.5) is 17.6 Å². The smallest absolute Gasteiger partial charge is 0.330 e. The molecule has 124 valence electrons. The van der Waals surface area contributed by atoms with Gasteiger partial charge in [0, 0.05) is 12.6 Å². The summed E-state index contributed by atoms with van der Waals surface area (Å²) in [4.78, 5) is 13.4. The average molecular weight is 324 g/mol. The highest BCUT2D eigenvalue weighted by Gasteiger charge is 2.41. The van der Waals surface area contributed by atoms with Gasteiger partial charge >= 0.3 is 12.3 Å². The minimum atomic E-state index is -4.26. The first-order valence-electron chi connectivity index (χ1n) is 6.77. The van der Waals surface area contributed by atoms with Gasteiger partial charge in [0.15, 0.2) is 0 Å². The van der Waals surface area contributed by atoms with Crippen LogP contribution < -0.4 is 0 Å². The van der Waals surface area contributed by atoms with Gasteiger partial charge in [-0.15, -0.1) is 0 Å². The predicted molar refractivity (Wildman–Crippen MR) is 66.7 cm³/mol. The zero-order chi connectivity index (χ0) is 16.3. The molecule has 2 rings (SSSR count). The quantitative estimate of drug-likeness (QED) is 0.755. The lowest BCUT2D eigenvalue weighted by molar-refractivity contribution is -0.171. The Balaban J connectivity index is 1.89. The van der Waals surface area contributed by atoms with Crippen LogP contribution in [0.3, 0.4) is 0 Å². The van der Waals surface area contributed by atoms with E-state index in [1.165, 1.54) is 4.90 Å². The van der Waals surface area contributed by atoms with Crippen LogP contribution in [-0.2, 0) is 9.53 Å². The first-order chi connectivity index (χ1) is 10.3. The van der Waals surface area contributed by atoms with Gasteiger partial charge in [-0.25, -0.2) is 8.78 Å². The molecule has 1 aliphatic heterocycles. The highest BCUT2D eigenvalue weighted by atomic mass is 19.3. The lowest BCUT2D eigenvalue weighted by Gasteiger charge is -2.23. The number of ether oxygens (including phenoxy) is 1. The first kappa shape index (κ1) is 16.7. The number of hydrogen-bond donors (Lipinski definition) is 0. The Morgan fingerprint density at radius 3 is 2.91 bits per heavy atom. The van der Waals surface area contributed by atoms with Crippen LogP contribution in [0.15, 0.2) is 10.6 Å². The number of carbonyl (C=O) groups is 1. The van der Waals surface area contributed by atoms with E-state index in [2.05, 4.69) is 9.89 Å². The molecule has 0 aliphatic carbocycles. The Kier molecular flexibility index (Phi) is 5.05. The summed E-state index contributed by atoms with van der Waals surface area (Å²) in [5.41, 5.74) is 0.585. The molecule has 0 aromatic carbocycles. The van der Waals surface area contributed by atoms with Gasteiger partial charge in [0.25, 0.3) is 0 Å². The van der Waals surface area contributed by atoms with Crippen molar-refractivity contribution >= 4 is 5.91 Å². The molecule has 22 heavy (non-hydrogen) atoms. The van der Waals surface area contributed by atoms with E-state index in [1.54, 1.807) is 13.0 Å². The molecule has 0 saturated carbocycles. The lowest BCUT2D eigenvalue weighted by atomic mass is 10.1. The van der Waals surface area contributed by atoms with E-state index in [0.29, 0.717) is 24.4 Å². The third-order valence-corrected chi connectivity index (χ3v) is 3.40. The second-order valence-corrected chi connectivity index (χ2v) is 5.16. The molecule has 5 nitrogen and oxygen atoms in total. The van der Waals surface area contributed by atoms with Crippen molar-refractivity contribution in [1.82, 2.24) is 10.1 Å². The van der Waals surface area contributed by atoms with Crippen molar-refractivity contribution in [3.63, 3.8) is 0 Å². The van der Waals surface area contributed by atoms with Gasteiger partial charge in [0.1, 0.15) is 24.7 Å². The molecule has 0 spiro atoms. The molecule has 1 fully saturated rings. The van der Waals surface area contributed by atoms with Crippen molar-refractivity contribution in [2.45, 2.75) is 38.2 Å². The molecule has 0 N–H and O–H groups in total. The maximum atomic E-state index is 12.7. The summed E-state index contributed by atoms with van der Waals surface area (Å²) >= 11 is 0. The van der Waals surface area contributed by atoms with Crippen molar-refractivity contribution in [1.29, 1.82) is 0 Å². The van der Waals surface area contributed by atoms with Crippen LogP contribution >= 0.6 is 0 Å². The van der Waals surface area contributed by atoms with E-state index >= 15 is 0 Å². The standard InChI is InChI=1S/C13H16F4N2O3/c1-8-5-9(18-22-8)10-3-2-4-19(10)11(20)6-21-7-13(16,17)12(14)15/h5,10,12H,2-4,6-7H2,1H3. The summed E-state index contributed by atoms with van der Waals surface area (Å²) in [6.07, 6.45) is -2.42. The summed E-state index contributed by atoms with van der Waals surface area (Å²) in [5, 5.41) is 3.84. The SMILES string of the molecule is Cc1cc(C2CCCN2C(=O)COCC(F)(F)C(F)F)no1. The molecule has 1 saturated heterocycles. The number of rotatable bonds is 6. The van der Waals surface area contributed by atoms with Crippen LogP contribution in [0, 0.1) is 6.92 Å². The molecule has 0 radical (unpaired) electrons. The number of aryl methyl sites for hydroxylation is 1. The Bertz CT molecular complexity index is 521. The minimum absolute atomic E-state index is 0.302. The van der Waals surface area contributed by atoms with E-state index in [9.17, 15) is 22.4 Å². The van der Waals surface area contributed by atoms with Crippen LogP contribution in [0.2, 0.25) is 0 Å². The van der Waals surface area contributed by atoms with E-state index in [0.717, 1.165) is 6.42 Å². The second kappa shape index (κ2) is 6.64. The number of likely N-dealkylation sites (tertiary alicyclic amines) is 1. The Labute approximate surface area is 124 Å². The van der Waals surface area contributed by atoms with Crippen LogP contribution in [-0.4, -0.2) is 48.1 Å². The van der Waals surface area contributed by atoms with Gasteiger partial charge in [-0.05, 0) is 19.8 Å². The van der Waals surface area contributed by atoms with Gasteiger partial charge in [0.2, 0.25) is 5.91 Å². The number of hydrogen-bond acceptors (Lipinski definition) is 4. The Morgan fingerprint density at radius 1 is 1.59 bits per heavy atom. The van der Waals surface area contributed by atoms with Crippen molar-refractivity contribution in [3.05, 3.63) is 17.5 Å². The molecule has 1 unspecified atom stereocenters. The van der Waals surface area contributed by atoms with Crippen molar-refractivity contribution in [2.24, 2.45) is 0 Å². The van der Waals surface area contributed by atoms with Crippen LogP contribution in [0.5, 0.6) is 0 Å². The Hall–Kier alpha value is -1.64. The molecule has 1 aromatic heterocycles. The van der Waals surface area contributed by atoms with Gasteiger partial charge in [-0.2, -0.15) is 8.78 Å². The predicted octanol–water partition coefficient (Wildman–Crippen LogP) is 2.56. The van der Waals surface area contributed by atoms with Crippen molar-refractivity contribution < 1.29 is 31.6 Å². The lowest BCUT2D eigenvalue weighted by Crippen LogP contribution is -2.37. The zero-order valence-corrected chi connectivity index (χ0v) is 11.9. The van der Waals surface area contributed by atoms with E-state index in [4.69, 9.17) is 4.52 Å². The molecule has 1 amide bonds. The molecular formula is C13H16F4N2O3. The third kappa shape index (κ3) is 3.76. The average Bonchev–Trinajstić information content (AvgIpc) is 3.06. The van der Waals surface area contributed by atoms with Crippen molar-refractivity contribution in [2.75, 3.05) is 19.8 Å². The molecule has 1 aromatic rings. The summed E-state index contributed by atoms with van der Waals surface area (Å²) in [5.74, 6) is -4.19. The number of halogens is 4. The molecule has 0 bridgehead atoms. The number of nitrogens with zero attached hydrogens (tertiary/aromatic N) is 2. The van der Waals surface area contributed by atoms with Crippen LogP contribution in [0.25, 0.3) is 0 Å². The highest BCUT2D eigenvalue weighted by Crippen LogP contribution is 2.31. The Morgan fingerprint density at radius 2 is 2.32 bits per heavy atom. The summed E-state index contributed by atoms with van der Waals surface area (Å²) < 4.78 is 58.8. The highest BCUT2D eigenvalue weighted by molar-refractivity contribution is 5.78. The minimum Gasteiger partial charge on any atom is -0.365 e. The van der Waals surface area contributed by atoms with Gasteiger partial charge in [-0.1, -0.05) is 5.16 Å². The van der Waals surface area contributed by atoms with Crippen molar-refractivity contribution in [3.8, 4) is 0 Å². The molecule has 2 heterocycles. The third-order valence-electron chi connectivity index (χ3n) is 3.40. The van der Waals surface area contributed by atoms with E-state index in [-0.39, 0.29) is 6.04 Å². The fraction of sp³-hybridized carbons (Fsp3) is 0.692. The van der Waals surface area contributed by atoms with Gasteiger partial charge in [0.05, 0.1) is 6.04 Å². The number of carbonyl (C=O) groups excluding carboxylic acids is 1. The van der Waals surface area contributed by atoms with E-state index < -0.39 is 31.5 Å². The zero-order valence-electron chi connectivity index (χ0n) is 11.9. The topological polar surface area (TPSA) is 55.6 Å². The maximum Gasteiger partial charge on any atom is 0.330 e. The number of alkyl halides is 4. The molecule has 1 aliphatic rings.